The smallest absolute Gasteiger partial charge is 0.296 e. The minimum absolute atomic E-state index is 0.0589. The monoisotopic (exact) mass is 578 g/mol. The highest BCUT2D eigenvalue weighted by molar-refractivity contribution is 7.89. The number of para-hydroxylation sites is 1. The molecule has 2 fully saturated rings. The molecule has 2 saturated heterocycles. The Morgan fingerprint density at radius 3 is 2.32 bits per heavy atom. The van der Waals surface area contributed by atoms with Gasteiger partial charge in [-0.15, -0.1) is 6.58 Å². The van der Waals surface area contributed by atoms with E-state index in [9.17, 15) is 27.9 Å². The first kappa shape index (κ1) is 28.7. The average Bonchev–Trinajstić information content (AvgIpc) is 3.35. The first-order valence-corrected chi connectivity index (χ1v) is 15.1. The maximum absolute atomic E-state index is 14.3. The molecule has 2 aromatic rings. The molecule has 5 rings (SSSR count). The van der Waals surface area contributed by atoms with Crippen LogP contribution in [0.4, 0.5) is 5.69 Å². The van der Waals surface area contributed by atoms with E-state index in [2.05, 4.69) is 6.58 Å². The zero-order valence-corrected chi connectivity index (χ0v) is 24.1. The highest BCUT2D eigenvalue weighted by atomic mass is 32.2. The van der Waals surface area contributed by atoms with Crippen LogP contribution in [0.15, 0.2) is 71.7 Å². The molecular formula is C30H34N4O6S. The number of carbonyl (C=O) groups is 3. The van der Waals surface area contributed by atoms with Crippen molar-refractivity contribution in [2.24, 2.45) is 0 Å². The lowest BCUT2D eigenvalue weighted by Crippen LogP contribution is -2.53. The summed E-state index contributed by atoms with van der Waals surface area (Å²) in [6.45, 7) is 5.22. The molecule has 0 saturated carbocycles. The van der Waals surface area contributed by atoms with Crippen LogP contribution in [0, 0.1) is 0 Å². The number of ketones is 1. The van der Waals surface area contributed by atoms with Crippen molar-refractivity contribution in [3.8, 4) is 0 Å². The standard InChI is InChI=1S/C30H34N4O6S/c1-4-16-33-24-11-7-6-10-23(24)30(29(33)38)25(27(36)28(37)34(30)20-19-31(2)3)26(35)21-12-14-22(15-13-21)41(39,40)32-17-8-5-9-18-32/h4,6-7,10-15,35H,1,5,8-9,16-20H2,2-3H3/b26-25+. The quantitative estimate of drug-likeness (QED) is 0.221. The van der Waals surface area contributed by atoms with E-state index < -0.39 is 38.9 Å². The largest absolute Gasteiger partial charge is 0.507 e. The number of hydrogen-bond acceptors (Lipinski definition) is 7. The SMILES string of the molecule is C=CCN1C(=O)C2(/C(=C(/O)c3ccc(S(=O)(=O)N4CCCCC4)cc3)C(=O)C(=O)N2CCN(C)C)c2ccccc21. The van der Waals surface area contributed by atoms with Gasteiger partial charge in [-0.1, -0.05) is 30.7 Å². The Labute approximate surface area is 240 Å². The summed E-state index contributed by atoms with van der Waals surface area (Å²) in [5, 5.41) is 11.6. The van der Waals surface area contributed by atoms with Gasteiger partial charge in [-0.25, -0.2) is 8.42 Å². The number of amides is 2. The number of carbonyl (C=O) groups excluding carboxylic acids is 3. The molecule has 0 radical (unpaired) electrons. The van der Waals surface area contributed by atoms with Gasteiger partial charge in [0.1, 0.15) is 5.76 Å². The summed E-state index contributed by atoms with van der Waals surface area (Å²) >= 11 is 0. The molecule has 216 valence electrons. The van der Waals surface area contributed by atoms with Gasteiger partial charge in [0, 0.05) is 43.9 Å². The second-order valence-electron chi connectivity index (χ2n) is 10.7. The molecule has 1 spiro atoms. The van der Waals surface area contributed by atoms with Crippen LogP contribution in [0.1, 0.15) is 30.4 Å². The zero-order chi connectivity index (χ0) is 29.5. The molecule has 0 aliphatic carbocycles. The zero-order valence-electron chi connectivity index (χ0n) is 23.2. The summed E-state index contributed by atoms with van der Waals surface area (Å²) < 4.78 is 27.8. The minimum atomic E-state index is -3.72. The molecule has 2 aromatic carbocycles. The number of likely N-dealkylation sites (N-methyl/N-ethyl adjacent to an activating group) is 1. The molecular weight excluding hydrogens is 544 g/mol. The van der Waals surface area contributed by atoms with Gasteiger partial charge in [-0.2, -0.15) is 4.31 Å². The van der Waals surface area contributed by atoms with Crippen LogP contribution in [0.5, 0.6) is 0 Å². The predicted molar refractivity (Wildman–Crippen MR) is 155 cm³/mol. The molecule has 2 amide bonds. The lowest BCUT2D eigenvalue weighted by molar-refractivity contribution is -0.143. The van der Waals surface area contributed by atoms with E-state index in [1.54, 1.807) is 30.3 Å². The fourth-order valence-electron chi connectivity index (χ4n) is 5.96. The predicted octanol–water partition coefficient (Wildman–Crippen LogP) is 2.53. The Hall–Kier alpha value is -3.80. The molecule has 11 heteroatoms. The molecule has 3 heterocycles. The number of hydrogen-bond donors (Lipinski definition) is 1. The van der Waals surface area contributed by atoms with E-state index in [0.717, 1.165) is 19.3 Å². The van der Waals surface area contributed by atoms with Crippen molar-refractivity contribution in [3.05, 3.63) is 77.9 Å². The summed E-state index contributed by atoms with van der Waals surface area (Å²) in [6, 6.07) is 12.5. The van der Waals surface area contributed by atoms with Gasteiger partial charge in [0.05, 0.1) is 16.2 Å². The number of aliphatic hydroxyl groups excluding tert-OH is 1. The first-order valence-electron chi connectivity index (χ1n) is 13.6. The number of nitrogens with zero attached hydrogens (tertiary/aromatic N) is 4. The molecule has 41 heavy (non-hydrogen) atoms. The Bertz CT molecular complexity index is 1540. The number of Topliss-reactive ketones (excluding diaryl/α,β-unsaturated/α-hetero) is 1. The lowest BCUT2D eigenvalue weighted by atomic mass is 9.82. The number of benzene rings is 2. The number of fused-ring (bicyclic) bond motifs is 2. The summed E-state index contributed by atoms with van der Waals surface area (Å²) in [5.74, 6) is -2.94. The Kier molecular flexibility index (Phi) is 7.62. The highest BCUT2D eigenvalue weighted by Gasteiger charge is 2.66. The van der Waals surface area contributed by atoms with Crippen molar-refractivity contribution in [1.29, 1.82) is 0 Å². The van der Waals surface area contributed by atoms with E-state index >= 15 is 0 Å². The molecule has 3 aliphatic heterocycles. The number of rotatable bonds is 8. The van der Waals surface area contributed by atoms with Crippen LogP contribution in [-0.4, -0.2) is 92.0 Å². The van der Waals surface area contributed by atoms with Crippen molar-refractivity contribution >= 4 is 39.1 Å². The van der Waals surface area contributed by atoms with Gasteiger partial charge < -0.3 is 19.8 Å². The Morgan fingerprint density at radius 2 is 1.68 bits per heavy atom. The van der Waals surface area contributed by atoms with E-state index in [1.165, 1.54) is 38.4 Å². The first-order chi connectivity index (χ1) is 19.6. The van der Waals surface area contributed by atoms with Gasteiger partial charge in [0.15, 0.2) is 5.54 Å². The molecule has 0 aromatic heterocycles. The number of anilines is 1. The van der Waals surface area contributed by atoms with Gasteiger partial charge in [0.25, 0.3) is 17.6 Å². The fourth-order valence-corrected chi connectivity index (χ4v) is 7.48. The molecule has 1 unspecified atom stereocenters. The molecule has 10 nitrogen and oxygen atoms in total. The Morgan fingerprint density at radius 1 is 1.02 bits per heavy atom. The maximum atomic E-state index is 14.3. The molecule has 1 N–H and O–H groups in total. The summed E-state index contributed by atoms with van der Waals surface area (Å²) in [5.41, 5.74) is -1.16. The fraction of sp³-hybridized carbons (Fsp3) is 0.367. The van der Waals surface area contributed by atoms with Crippen molar-refractivity contribution in [3.63, 3.8) is 0 Å². The number of aliphatic hydroxyl groups is 1. The maximum Gasteiger partial charge on any atom is 0.296 e. The third kappa shape index (κ3) is 4.48. The van der Waals surface area contributed by atoms with Crippen LogP contribution < -0.4 is 4.90 Å². The second kappa shape index (κ2) is 10.9. The average molecular weight is 579 g/mol. The topological polar surface area (TPSA) is 119 Å². The van der Waals surface area contributed by atoms with Crippen LogP contribution in [0.25, 0.3) is 5.76 Å². The van der Waals surface area contributed by atoms with Crippen LogP contribution >= 0.6 is 0 Å². The lowest BCUT2D eigenvalue weighted by Gasteiger charge is -2.35. The number of sulfonamides is 1. The van der Waals surface area contributed by atoms with E-state index in [-0.39, 0.29) is 29.1 Å². The second-order valence-corrected chi connectivity index (χ2v) is 12.7. The molecule has 3 aliphatic rings. The van der Waals surface area contributed by atoms with Crippen molar-refractivity contribution in [1.82, 2.24) is 14.1 Å². The van der Waals surface area contributed by atoms with Gasteiger partial charge in [-0.3, -0.25) is 14.4 Å². The van der Waals surface area contributed by atoms with Gasteiger partial charge in [0.2, 0.25) is 10.0 Å². The van der Waals surface area contributed by atoms with Crippen molar-refractivity contribution in [2.75, 3.05) is 51.7 Å². The number of likely N-dealkylation sites (tertiary alicyclic amines) is 1. The summed E-state index contributed by atoms with van der Waals surface area (Å²) in [7, 11) is -0.0870. The van der Waals surface area contributed by atoms with E-state index in [4.69, 9.17) is 0 Å². The van der Waals surface area contributed by atoms with Crippen LogP contribution in [-0.2, 0) is 29.9 Å². The van der Waals surface area contributed by atoms with E-state index in [1.807, 2.05) is 19.0 Å². The third-order valence-corrected chi connectivity index (χ3v) is 9.89. The molecule has 0 bridgehead atoms. The van der Waals surface area contributed by atoms with Gasteiger partial charge >= 0.3 is 0 Å². The van der Waals surface area contributed by atoms with Crippen LogP contribution in [0.2, 0.25) is 0 Å². The highest BCUT2D eigenvalue weighted by Crippen LogP contribution is 2.53. The van der Waals surface area contributed by atoms with Crippen molar-refractivity contribution < 1.29 is 27.9 Å². The third-order valence-electron chi connectivity index (χ3n) is 7.97. The summed E-state index contributed by atoms with van der Waals surface area (Å²) in [6.07, 6.45) is 4.13. The normalized spacial score (nSPS) is 22.7. The van der Waals surface area contributed by atoms with E-state index in [0.29, 0.717) is 30.9 Å². The van der Waals surface area contributed by atoms with Crippen molar-refractivity contribution in [2.45, 2.75) is 29.7 Å². The Balaban J connectivity index is 1.67. The van der Waals surface area contributed by atoms with Gasteiger partial charge in [-0.05, 0) is 57.3 Å². The summed E-state index contributed by atoms with van der Waals surface area (Å²) in [4.78, 5) is 46.1. The molecule has 1 atom stereocenters. The number of piperidine rings is 1. The minimum Gasteiger partial charge on any atom is -0.507 e. The van der Waals surface area contributed by atoms with Crippen LogP contribution in [0.3, 0.4) is 0 Å².